The van der Waals surface area contributed by atoms with Crippen molar-refractivity contribution in [1.82, 2.24) is 5.32 Å². The third-order valence-corrected chi connectivity index (χ3v) is 3.10. The van der Waals surface area contributed by atoms with Gasteiger partial charge < -0.3 is 14.8 Å². The summed E-state index contributed by atoms with van der Waals surface area (Å²) in [6.07, 6.45) is 0. The zero-order valence-corrected chi connectivity index (χ0v) is 11.1. The van der Waals surface area contributed by atoms with Crippen molar-refractivity contribution in [2.75, 3.05) is 6.54 Å². The van der Waals surface area contributed by atoms with Crippen molar-refractivity contribution in [2.45, 2.75) is 40.2 Å². The van der Waals surface area contributed by atoms with E-state index < -0.39 is 5.60 Å². The summed E-state index contributed by atoms with van der Waals surface area (Å²) in [5, 5.41) is 12.7. The molecule has 17 heavy (non-hydrogen) atoms. The molecule has 0 aliphatic carbocycles. The second-order valence-electron chi connectivity index (χ2n) is 5.06. The molecule has 1 amide bonds. The minimum atomic E-state index is -0.912. The molecule has 1 rings (SSSR count). The summed E-state index contributed by atoms with van der Waals surface area (Å²) >= 11 is 0. The van der Waals surface area contributed by atoms with Crippen LogP contribution in [0.25, 0.3) is 0 Å². The number of carbonyl (C=O) groups is 1. The van der Waals surface area contributed by atoms with Crippen LogP contribution in [0.15, 0.2) is 10.5 Å². The molecule has 1 aromatic heterocycles. The molecule has 0 aliphatic heterocycles. The lowest BCUT2D eigenvalue weighted by Gasteiger charge is -2.27. The van der Waals surface area contributed by atoms with E-state index >= 15 is 0 Å². The minimum Gasteiger partial charge on any atom is -0.456 e. The highest BCUT2D eigenvalue weighted by atomic mass is 16.4. The molecule has 0 spiro atoms. The highest BCUT2D eigenvalue weighted by Crippen LogP contribution is 2.16. The van der Waals surface area contributed by atoms with E-state index in [1.165, 1.54) is 0 Å². The fraction of sp³-hybridized carbons (Fsp3) is 0.615. The van der Waals surface area contributed by atoms with E-state index in [0.29, 0.717) is 11.5 Å². The van der Waals surface area contributed by atoms with Gasteiger partial charge in [-0.2, -0.15) is 0 Å². The average Bonchev–Trinajstić information content (AvgIpc) is 2.54. The molecule has 2 N–H and O–H groups in total. The third-order valence-electron chi connectivity index (χ3n) is 3.10. The van der Waals surface area contributed by atoms with Crippen molar-refractivity contribution in [3.63, 3.8) is 0 Å². The molecule has 0 bridgehead atoms. The molecule has 0 aliphatic rings. The Balaban J connectivity index is 2.65. The van der Waals surface area contributed by atoms with Crippen molar-refractivity contribution in [1.29, 1.82) is 0 Å². The Bertz CT molecular complexity index is 405. The minimum absolute atomic E-state index is 0.0715. The quantitative estimate of drug-likeness (QED) is 0.845. The van der Waals surface area contributed by atoms with Gasteiger partial charge in [-0.25, -0.2) is 0 Å². The third kappa shape index (κ3) is 3.33. The van der Waals surface area contributed by atoms with Gasteiger partial charge in [0.1, 0.15) is 5.76 Å². The molecule has 1 unspecified atom stereocenters. The highest BCUT2D eigenvalue weighted by Gasteiger charge is 2.26. The molecule has 0 aromatic carbocycles. The predicted molar refractivity (Wildman–Crippen MR) is 66.0 cm³/mol. The number of hydrogen-bond acceptors (Lipinski definition) is 3. The van der Waals surface area contributed by atoms with E-state index in [1.807, 2.05) is 26.8 Å². The van der Waals surface area contributed by atoms with Crippen molar-refractivity contribution in [2.24, 2.45) is 5.92 Å². The molecule has 4 nitrogen and oxygen atoms in total. The number of furan rings is 1. The highest BCUT2D eigenvalue weighted by molar-refractivity contribution is 5.92. The van der Waals surface area contributed by atoms with Gasteiger partial charge in [-0.05, 0) is 32.8 Å². The number of carbonyl (C=O) groups excluding carboxylic acids is 1. The first kappa shape index (κ1) is 13.8. The molecular formula is C13H21NO3. The van der Waals surface area contributed by atoms with Crippen LogP contribution in [-0.4, -0.2) is 23.2 Å². The molecule has 0 saturated heterocycles. The molecule has 0 fully saturated rings. The maximum atomic E-state index is 11.8. The van der Waals surface area contributed by atoms with Gasteiger partial charge in [0.2, 0.25) is 0 Å². The van der Waals surface area contributed by atoms with Crippen LogP contribution in [0.2, 0.25) is 0 Å². The van der Waals surface area contributed by atoms with Gasteiger partial charge in [0.15, 0.2) is 5.76 Å². The van der Waals surface area contributed by atoms with Crippen LogP contribution >= 0.6 is 0 Å². The summed E-state index contributed by atoms with van der Waals surface area (Å²) < 4.78 is 5.31. The summed E-state index contributed by atoms with van der Waals surface area (Å²) in [5.41, 5.74) is -0.102. The lowest BCUT2D eigenvalue weighted by atomic mass is 9.92. The van der Waals surface area contributed by atoms with Gasteiger partial charge in [-0.1, -0.05) is 13.8 Å². The second-order valence-corrected chi connectivity index (χ2v) is 5.06. The smallest absolute Gasteiger partial charge is 0.287 e. The number of nitrogens with one attached hydrogen (secondary N) is 1. The Morgan fingerprint density at radius 2 is 2.12 bits per heavy atom. The first-order chi connectivity index (χ1) is 7.74. The second kappa shape index (κ2) is 4.92. The largest absolute Gasteiger partial charge is 0.456 e. The lowest BCUT2D eigenvalue weighted by Crippen LogP contribution is -2.44. The summed E-state index contributed by atoms with van der Waals surface area (Å²) in [4.78, 5) is 11.8. The number of amides is 1. The first-order valence-corrected chi connectivity index (χ1v) is 5.81. The Labute approximate surface area is 102 Å². The molecule has 1 heterocycles. The van der Waals surface area contributed by atoms with Gasteiger partial charge in [0.05, 0.1) is 5.60 Å². The van der Waals surface area contributed by atoms with Crippen molar-refractivity contribution >= 4 is 5.91 Å². The number of aliphatic hydroxyl groups is 1. The first-order valence-electron chi connectivity index (χ1n) is 5.81. The zero-order valence-electron chi connectivity index (χ0n) is 11.1. The maximum Gasteiger partial charge on any atom is 0.287 e. The van der Waals surface area contributed by atoms with Gasteiger partial charge in [0.25, 0.3) is 5.91 Å². The van der Waals surface area contributed by atoms with E-state index in [2.05, 4.69) is 5.32 Å². The molecule has 1 aromatic rings. The van der Waals surface area contributed by atoms with E-state index in [4.69, 9.17) is 4.42 Å². The van der Waals surface area contributed by atoms with Gasteiger partial charge in [-0.15, -0.1) is 0 Å². The van der Waals surface area contributed by atoms with Crippen LogP contribution in [0.1, 0.15) is 42.6 Å². The maximum absolute atomic E-state index is 11.8. The van der Waals surface area contributed by atoms with Crippen LogP contribution in [0.4, 0.5) is 0 Å². The Hall–Kier alpha value is -1.29. The van der Waals surface area contributed by atoms with E-state index in [1.54, 1.807) is 13.8 Å². The van der Waals surface area contributed by atoms with Crippen LogP contribution in [0.3, 0.4) is 0 Å². The predicted octanol–water partition coefficient (Wildman–Crippen LogP) is 2.03. The molecule has 1 atom stereocenters. The summed E-state index contributed by atoms with van der Waals surface area (Å²) in [6.45, 7) is 9.36. The van der Waals surface area contributed by atoms with Gasteiger partial charge >= 0.3 is 0 Å². The van der Waals surface area contributed by atoms with Gasteiger partial charge in [-0.3, -0.25) is 4.79 Å². The zero-order chi connectivity index (χ0) is 13.2. The average molecular weight is 239 g/mol. The van der Waals surface area contributed by atoms with E-state index in [-0.39, 0.29) is 18.4 Å². The standard InChI is InChI=1S/C13H21NO3/c1-8(2)13(5,16)7-14-12(15)11-9(3)6-10(4)17-11/h6,8,16H,7H2,1-5H3,(H,14,15). The Morgan fingerprint density at radius 3 is 2.53 bits per heavy atom. The topological polar surface area (TPSA) is 62.5 Å². The summed E-state index contributed by atoms with van der Waals surface area (Å²) in [7, 11) is 0. The Morgan fingerprint density at radius 1 is 1.53 bits per heavy atom. The van der Waals surface area contributed by atoms with E-state index in [0.717, 1.165) is 5.56 Å². The number of hydrogen-bond donors (Lipinski definition) is 2. The molecule has 4 heteroatoms. The van der Waals surface area contributed by atoms with Crippen LogP contribution in [-0.2, 0) is 0 Å². The fourth-order valence-corrected chi connectivity index (χ4v) is 1.41. The van der Waals surface area contributed by atoms with E-state index in [9.17, 15) is 9.90 Å². The summed E-state index contributed by atoms with van der Waals surface area (Å²) in [5.74, 6) is 0.823. The normalized spacial score (nSPS) is 14.8. The molecule has 96 valence electrons. The van der Waals surface area contributed by atoms with Crippen molar-refractivity contribution in [3.8, 4) is 0 Å². The molecular weight excluding hydrogens is 218 g/mol. The van der Waals surface area contributed by atoms with Crippen molar-refractivity contribution in [3.05, 3.63) is 23.2 Å². The molecule has 0 radical (unpaired) electrons. The Kier molecular flexibility index (Phi) is 3.98. The summed E-state index contributed by atoms with van der Waals surface area (Å²) in [6, 6.07) is 1.81. The van der Waals surface area contributed by atoms with Gasteiger partial charge in [0, 0.05) is 12.1 Å². The van der Waals surface area contributed by atoms with Crippen LogP contribution in [0, 0.1) is 19.8 Å². The lowest BCUT2D eigenvalue weighted by molar-refractivity contribution is 0.0139. The van der Waals surface area contributed by atoms with Crippen molar-refractivity contribution < 1.29 is 14.3 Å². The number of aryl methyl sites for hydroxylation is 2. The number of rotatable bonds is 4. The molecule has 0 saturated carbocycles. The van der Waals surface area contributed by atoms with Crippen LogP contribution < -0.4 is 5.32 Å². The van der Waals surface area contributed by atoms with Crippen LogP contribution in [0.5, 0.6) is 0 Å². The monoisotopic (exact) mass is 239 g/mol. The fourth-order valence-electron chi connectivity index (χ4n) is 1.41. The SMILES string of the molecule is Cc1cc(C)c(C(=O)NCC(C)(O)C(C)C)o1.